The van der Waals surface area contributed by atoms with Crippen LogP contribution < -0.4 is 5.30 Å². The molecule has 0 nitrogen and oxygen atoms in total. The van der Waals surface area contributed by atoms with Crippen LogP contribution in [0.4, 0.5) is 0 Å². The van der Waals surface area contributed by atoms with Crippen LogP contribution in [0, 0.1) is 13.8 Å². The molecule has 0 fully saturated rings. The van der Waals surface area contributed by atoms with Crippen LogP contribution in [0.1, 0.15) is 11.1 Å². The molecule has 0 saturated carbocycles. The van der Waals surface area contributed by atoms with E-state index >= 15 is 0 Å². The number of allylic oxidation sites excluding steroid dienone is 3. The first kappa shape index (κ1) is 13.3. The minimum atomic E-state index is -0.203. The predicted octanol–water partition coefficient (Wildman–Crippen LogP) is 5.16. The molecule has 2 aromatic rings. The molecule has 0 saturated heterocycles. The van der Waals surface area contributed by atoms with Gasteiger partial charge in [-0.15, -0.1) is 0 Å². The Kier molecular flexibility index (Phi) is 3.85. The lowest BCUT2D eigenvalue weighted by Gasteiger charge is -2.20. The van der Waals surface area contributed by atoms with Crippen molar-refractivity contribution >= 4 is 13.2 Å². The normalized spacial score (nSPS) is 17.4. The number of hydrogen-bond donors (Lipinski definition) is 0. The van der Waals surface area contributed by atoms with Gasteiger partial charge in [-0.25, -0.2) is 0 Å². The van der Waals surface area contributed by atoms with Crippen LogP contribution in [0.3, 0.4) is 0 Å². The van der Waals surface area contributed by atoms with Crippen LogP contribution in [0.15, 0.2) is 66.5 Å². The van der Waals surface area contributed by atoms with Crippen molar-refractivity contribution in [1.29, 1.82) is 0 Å². The van der Waals surface area contributed by atoms with E-state index in [2.05, 4.69) is 80.4 Å². The van der Waals surface area contributed by atoms with Crippen molar-refractivity contribution in [2.75, 3.05) is 6.16 Å². The molecule has 0 aliphatic carbocycles. The molecule has 0 amide bonds. The second-order valence-corrected chi connectivity index (χ2v) is 7.29. The molecule has 100 valence electrons. The number of rotatable bonds is 2. The zero-order valence-corrected chi connectivity index (χ0v) is 12.9. The van der Waals surface area contributed by atoms with Crippen LogP contribution in [0.2, 0.25) is 0 Å². The number of hydrogen-bond acceptors (Lipinski definition) is 0. The van der Waals surface area contributed by atoms with Gasteiger partial charge in [0.15, 0.2) is 0 Å². The maximum absolute atomic E-state index is 2.38. The molecule has 0 aromatic heterocycles. The molecule has 3 rings (SSSR count). The molecule has 1 aliphatic rings. The molecular formula is C19H19P. The van der Waals surface area contributed by atoms with E-state index in [0.717, 1.165) is 6.16 Å². The predicted molar refractivity (Wildman–Crippen MR) is 91.1 cm³/mol. The average Bonchev–Trinajstić information content (AvgIpc) is 2.48. The van der Waals surface area contributed by atoms with Crippen molar-refractivity contribution in [2.24, 2.45) is 0 Å². The van der Waals surface area contributed by atoms with Gasteiger partial charge in [0, 0.05) is 0 Å². The van der Waals surface area contributed by atoms with E-state index in [-0.39, 0.29) is 7.92 Å². The molecule has 1 atom stereocenters. The summed E-state index contributed by atoms with van der Waals surface area (Å²) in [4.78, 5) is 0. The number of aryl methyl sites for hydroxylation is 2. The van der Waals surface area contributed by atoms with E-state index in [9.17, 15) is 0 Å². The van der Waals surface area contributed by atoms with E-state index in [1.165, 1.54) is 27.6 Å². The van der Waals surface area contributed by atoms with Crippen molar-refractivity contribution in [3.63, 3.8) is 0 Å². The van der Waals surface area contributed by atoms with Crippen LogP contribution >= 0.6 is 7.92 Å². The van der Waals surface area contributed by atoms with Crippen LogP contribution in [0.25, 0.3) is 11.1 Å². The van der Waals surface area contributed by atoms with Gasteiger partial charge >= 0.3 is 0 Å². The van der Waals surface area contributed by atoms with E-state index in [0.29, 0.717) is 0 Å². The highest BCUT2D eigenvalue weighted by Gasteiger charge is 2.15. The standard InChI is InChI=1S/C19H19P/c1-15-9-8-10-16(2)19(15)17-11-4-5-12-18(17)20-13-6-3-7-14-20/h3-13H,14H2,1-2H3. The first-order valence-corrected chi connectivity index (χ1v) is 8.62. The Bertz CT molecular complexity index is 660. The first-order chi connectivity index (χ1) is 9.77. The fourth-order valence-corrected chi connectivity index (χ4v) is 4.73. The highest BCUT2D eigenvalue weighted by atomic mass is 31.1. The van der Waals surface area contributed by atoms with Crippen LogP contribution in [-0.4, -0.2) is 6.16 Å². The molecule has 1 heterocycles. The first-order valence-electron chi connectivity index (χ1n) is 7.03. The highest BCUT2D eigenvalue weighted by molar-refractivity contribution is 7.69. The van der Waals surface area contributed by atoms with Crippen molar-refractivity contribution in [3.05, 3.63) is 77.6 Å². The van der Waals surface area contributed by atoms with Gasteiger partial charge in [-0.3, -0.25) is 0 Å². The SMILES string of the molecule is Cc1cccc(C)c1-c1ccccc1P1C=CC=CC1. The molecule has 20 heavy (non-hydrogen) atoms. The van der Waals surface area contributed by atoms with E-state index in [1.807, 2.05) is 0 Å². The summed E-state index contributed by atoms with van der Waals surface area (Å²) in [6.45, 7) is 4.42. The summed E-state index contributed by atoms with van der Waals surface area (Å²) in [5, 5.41) is 1.50. The molecule has 0 N–H and O–H groups in total. The number of benzene rings is 2. The molecule has 1 unspecified atom stereocenters. The molecule has 0 bridgehead atoms. The fourth-order valence-electron chi connectivity index (χ4n) is 2.82. The van der Waals surface area contributed by atoms with Gasteiger partial charge in [-0.1, -0.05) is 66.5 Å². The van der Waals surface area contributed by atoms with Gasteiger partial charge in [0.05, 0.1) is 0 Å². The summed E-state index contributed by atoms with van der Waals surface area (Å²) in [5.74, 6) is 2.38. The van der Waals surface area contributed by atoms with Crippen molar-refractivity contribution < 1.29 is 0 Å². The molecule has 0 spiro atoms. The summed E-state index contributed by atoms with van der Waals surface area (Å²) in [6.07, 6.45) is 7.79. The molecule has 1 aliphatic heterocycles. The van der Waals surface area contributed by atoms with Gasteiger partial charge in [-0.2, -0.15) is 0 Å². The lowest BCUT2D eigenvalue weighted by molar-refractivity contribution is 1.38. The van der Waals surface area contributed by atoms with Gasteiger partial charge in [0.2, 0.25) is 0 Å². The van der Waals surface area contributed by atoms with Crippen molar-refractivity contribution in [1.82, 2.24) is 0 Å². The van der Waals surface area contributed by atoms with E-state index < -0.39 is 0 Å². The van der Waals surface area contributed by atoms with Gasteiger partial charge in [0.1, 0.15) is 0 Å². The lowest BCUT2D eigenvalue weighted by atomic mass is 9.96. The summed E-state index contributed by atoms with van der Waals surface area (Å²) < 4.78 is 0. The Morgan fingerprint density at radius 2 is 1.60 bits per heavy atom. The minimum absolute atomic E-state index is 0.203. The second-order valence-electron chi connectivity index (χ2n) is 5.21. The quantitative estimate of drug-likeness (QED) is 0.665. The van der Waals surface area contributed by atoms with Crippen LogP contribution in [-0.2, 0) is 0 Å². The third kappa shape index (κ3) is 2.49. The maximum Gasteiger partial charge on any atom is -0.00663 e. The molecule has 2 aromatic carbocycles. The smallest absolute Gasteiger partial charge is 0.00663 e. The lowest BCUT2D eigenvalue weighted by Crippen LogP contribution is -2.07. The molecule has 0 radical (unpaired) electrons. The Hall–Kier alpha value is -1.65. The summed E-state index contributed by atoms with van der Waals surface area (Å²) in [7, 11) is -0.203. The Morgan fingerprint density at radius 3 is 2.30 bits per heavy atom. The zero-order valence-electron chi connectivity index (χ0n) is 12.0. The Balaban J connectivity index is 2.15. The summed E-state index contributed by atoms with van der Waals surface area (Å²) in [6, 6.07) is 15.5. The zero-order chi connectivity index (χ0) is 13.9. The van der Waals surface area contributed by atoms with Crippen molar-refractivity contribution in [2.45, 2.75) is 13.8 Å². The summed E-state index contributed by atoms with van der Waals surface area (Å²) >= 11 is 0. The third-order valence-electron chi connectivity index (χ3n) is 3.78. The van der Waals surface area contributed by atoms with Crippen molar-refractivity contribution in [3.8, 4) is 11.1 Å². The van der Waals surface area contributed by atoms with Gasteiger partial charge in [0.25, 0.3) is 0 Å². The minimum Gasteiger partial charge on any atom is -0.0796 e. The second kappa shape index (κ2) is 5.77. The maximum atomic E-state index is 2.38. The largest absolute Gasteiger partial charge is 0.0796 e. The highest BCUT2D eigenvalue weighted by Crippen LogP contribution is 2.42. The van der Waals surface area contributed by atoms with E-state index in [4.69, 9.17) is 0 Å². The Labute approximate surface area is 122 Å². The van der Waals surface area contributed by atoms with Gasteiger partial charge < -0.3 is 0 Å². The average molecular weight is 278 g/mol. The Morgan fingerprint density at radius 1 is 0.850 bits per heavy atom. The van der Waals surface area contributed by atoms with Gasteiger partial charge in [-0.05, 0) is 55.5 Å². The van der Waals surface area contributed by atoms with E-state index in [1.54, 1.807) is 0 Å². The molecule has 1 heteroatoms. The summed E-state index contributed by atoms with van der Waals surface area (Å²) in [5.41, 5.74) is 5.55. The fraction of sp³-hybridized carbons (Fsp3) is 0.158. The molecular weight excluding hydrogens is 259 g/mol. The topological polar surface area (TPSA) is 0 Å². The third-order valence-corrected chi connectivity index (χ3v) is 5.92. The monoisotopic (exact) mass is 278 g/mol. The van der Waals surface area contributed by atoms with Crippen LogP contribution in [0.5, 0.6) is 0 Å².